The highest BCUT2D eigenvalue weighted by Crippen LogP contribution is 2.25. The summed E-state index contributed by atoms with van der Waals surface area (Å²) >= 11 is 0. The van der Waals surface area contributed by atoms with Crippen LogP contribution >= 0.6 is 0 Å². The van der Waals surface area contributed by atoms with Crippen molar-refractivity contribution in [2.45, 2.75) is 25.3 Å². The lowest BCUT2D eigenvalue weighted by molar-refractivity contribution is -0.145. The number of carbonyl (C=O) groups excluding carboxylic acids is 1. The molecule has 1 aliphatic heterocycles. The van der Waals surface area contributed by atoms with Crippen LogP contribution in [0.25, 0.3) is 0 Å². The molecular weight excluding hydrogens is 202 g/mol. The van der Waals surface area contributed by atoms with Gasteiger partial charge in [-0.05, 0) is 24.8 Å². The van der Waals surface area contributed by atoms with Crippen LogP contribution in [0.3, 0.4) is 0 Å². The van der Waals surface area contributed by atoms with Gasteiger partial charge < -0.3 is 10.1 Å². The molecule has 3 heteroatoms. The maximum atomic E-state index is 11.5. The van der Waals surface area contributed by atoms with Gasteiger partial charge in [-0.2, -0.15) is 0 Å². The van der Waals surface area contributed by atoms with Crippen LogP contribution in [0.15, 0.2) is 30.3 Å². The monoisotopic (exact) mass is 219 g/mol. The molecule has 2 atom stereocenters. The molecule has 1 saturated heterocycles. The predicted octanol–water partition coefficient (Wildman–Crippen LogP) is 1.70. The van der Waals surface area contributed by atoms with E-state index in [1.54, 1.807) is 0 Å². The molecule has 1 aromatic rings. The molecule has 1 heterocycles. The Balaban J connectivity index is 1.96. The normalized spacial score (nSPS) is 24.3. The van der Waals surface area contributed by atoms with Crippen molar-refractivity contribution < 1.29 is 9.53 Å². The van der Waals surface area contributed by atoms with E-state index in [0.717, 1.165) is 13.0 Å². The summed E-state index contributed by atoms with van der Waals surface area (Å²) in [6.07, 6.45) is 0.836. The topological polar surface area (TPSA) is 38.3 Å². The fourth-order valence-electron chi connectivity index (χ4n) is 2.14. The number of ether oxygens (including phenoxy) is 1. The number of benzene rings is 1. The summed E-state index contributed by atoms with van der Waals surface area (Å²) in [6, 6.07) is 10.2. The number of nitrogens with one attached hydrogen (secondary N) is 1. The van der Waals surface area contributed by atoms with Crippen LogP contribution in [-0.4, -0.2) is 25.2 Å². The van der Waals surface area contributed by atoms with Crippen molar-refractivity contribution in [3.8, 4) is 0 Å². The lowest BCUT2D eigenvalue weighted by Crippen LogP contribution is -2.32. The van der Waals surface area contributed by atoms with Crippen LogP contribution in [0, 0.1) is 0 Å². The standard InChI is InChI=1S/C13H17NO2/c1-2-16-13(15)12-8-11(9-14-12)10-6-4-3-5-7-10/h3-7,11-12,14H,2,8-9H2,1H3/t11-,12-/m0/s1. The molecule has 86 valence electrons. The average Bonchev–Trinajstić information content (AvgIpc) is 2.80. The van der Waals surface area contributed by atoms with E-state index >= 15 is 0 Å². The van der Waals surface area contributed by atoms with E-state index in [1.807, 2.05) is 25.1 Å². The molecule has 16 heavy (non-hydrogen) atoms. The van der Waals surface area contributed by atoms with Gasteiger partial charge in [0.25, 0.3) is 0 Å². The summed E-state index contributed by atoms with van der Waals surface area (Å²) in [5.74, 6) is 0.302. The van der Waals surface area contributed by atoms with Crippen molar-refractivity contribution in [1.29, 1.82) is 0 Å². The molecule has 0 aliphatic carbocycles. The van der Waals surface area contributed by atoms with Gasteiger partial charge in [-0.3, -0.25) is 4.79 Å². The van der Waals surface area contributed by atoms with Gasteiger partial charge in [-0.25, -0.2) is 0 Å². The molecule has 2 rings (SSSR count). The molecule has 0 saturated carbocycles. The number of hydrogen-bond acceptors (Lipinski definition) is 3. The molecule has 0 aromatic heterocycles. The second kappa shape index (κ2) is 5.12. The zero-order valence-electron chi connectivity index (χ0n) is 9.48. The van der Waals surface area contributed by atoms with Crippen molar-refractivity contribution in [2.24, 2.45) is 0 Å². The Morgan fingerprint density at radius 1 is 1.44 bits per heavy atom. The molecular formula is C13H17NO2. The molecule has 1 aromatic carbocycles. The summed E-state index contributed by atoms with van der Waals surface area (Å²) in [6.45, 7) is 3.14. The van der Waals surface area contributed by atoms with Gasteiger partial charge in [0.05, 0.1) is 6.61 Å². The summed E-state index contributed by atoms with van der Waals surface area (Å²) in [5, 5.41) is 3.22. The minimum Gasteiger partial charge on any atom is -0.465 e. The Bertz CT molecular complexity index is 350. The Hall–Kier alpha value is -1.35. The van der Waals surface area contributed by atoms with E-state index in [2.05, 4.69) is 17.4 Å². The van der Waals surface area contributed by atoms with Gasteiger partial charge in [0.1, 0.15) is 6.04 Å². The second-order valence-corrected chi connectivity index (χ2v) is 4.06. The van der Waals surface area contributed by atoms with E-state index in [9.17, 15) is 4.79 Å². The zero-order valence-corrected chi connectivity index (χ0v) is 9.48. The summed E-state index contributed by atoms with van der Waals surface area (Å²) < 4.78 is 5.01. The zero-order chi connectivity index (χ0) is 11.4. The number of rotatable bonds is 3. The molecule has 0 radical (unpaired) electrons. The van der Waals surface area contributed by atoms with Crippen LogP contribution in [0.4, 0.5) is 0 Å². The Labute approximate surface area is 95.8 Å². The molecule has 0 amide bonds. The third-order valence-electron chi connectivity index (χ3n) is 2.97. The van der Waals surface area contributed by atoms with Crippen LogP contribution in [0.1, 0.15) is 24.8 Å². The highest BCUT2D eigenvalue weighted by Gasteiger charge is 2.30. The van der Waals surface area contributed by atoms with Gasteiger partial charge in [-0.15, -0.1) is 0 Å². The van der Waals surface area contributed by atoms with Crippen LogP contribution in [-0.2, 0) is 9.53 Å². The van der Waals surface area contributed by atoms with Crippen LogP contribution in [0.5, 0.6) is 0 Å². The molecule has 1 fully saturated rings. The molecule has 1 N–H and O–H groups in total. The Morgan fingerprint density at radius 2 is 2.19 bits per heavy atom. The lowest BCUT2D eigenvalue weighted by atomic mass is 9.96. The van der Waals surface area contributed by atoms with E-state index in [0.29, 0.717) is 12.5 Å². The van der Waals surface area contributed by atoms with Crippen LogP contribution < -0.4 is 5.32 Å². The molecule has 0 unspecified atom stereocenters. The van der Waals surface area contributed by atoms with Crippen molar-refractivity contribution in [1.82, 2.24) is 5.32 Å². The van der Waals surface area contributed by atoms with Crippen molar-refractivity contribution >= 4 is 5.97 Å². The quantitative estimate of drug-likeness (QED) is 0.786. The first-order valence-electron chi connectivity index (χ1n) is 5.76. The highest BCUT2D eigenvalue weighted by atomic mass is 16.5. The van der Waals surface area contributed by atoms with Crippen molar-refractivity contribution in [3.63, 3.8) is 0 Å². The van der Waals surface area contributed by atoms with Gasteiger partial charge >= 0.3 is 5.97 Å². The highest BCUT2D eigenvalue weighted by molar-refractivity contribution is 5.76. The Morgan fingerprint density at radius 3 is 2.88 bits per heavy atom. The van der Waals surface area contributed by atoms with Gasteiger partial charge in [0, 0.05) is 6.54 Å². The third-order valence-corrected chi connectivity index (χ3v) is 2.97. The number of carbonyl (C=O) groups is 1. The maximum Gasteiger partial charge on any atom is 0.323 e. The first-order valence-corrected chi connectivity index (χ1v) is 5.76. The minimum absolute atomic E-state index is 0.124. The van der Waals surface area contributed by atoms with Gasteiger partial charge in [-0.1, -0.05) is 30.3 Å². The molecule has 0 spiro atoms. The molecule has 0 bridgehead atoms. The fraction of sp³-hybridized carbons (Fsp3) is 0.462. The Kier molecular flexibility index (Phi) is 3.57. The van der Waals surface area contributed by atoms with Gasteiger partial charge in [0.15, 0.2) is 0 Å². The third kappa shape index (κ3) is 2.42. The van der Waals surface area contributed by atoms with E-state index in [4.69, 9.17) is 4.74 Å². The number of hydrogen-bond donors (Lipinski definition) is 1. The number of esters is 1. The predicted molar refractivity (Wildman–Crippen MR) is 62.2 cm³/mol. The second-order valence-electron chi connectivity index (χ2n) is 4.06. The molecule has 3 nitrogen and oxygen atoms in total. The summed E-state index contributed by atoms with van der Waals surface area (Å²) in [4.78, 5) is 11.5. The van der Waals surface area contributed by atoms with E-state index < -0.39 is 0 Å². The average molecular weight is 219 g/mol. The maximum absolute atomic E-state index is 11.5. The largest absolute Gasteiger partial charge is 0.465 e. The fourth-order valence-corrected chi connectivity index (χ4v) is 2.14. The van der Waals surface area contributed by atoms with Crippen molar-refractivity contribution in [2.75, 3.05) is 13.2 Å². The van der Waals surface area contributed by atoms with Crippen LogP contribution in [0.2, 0.25) is 0 Å². The van der Waals surface area contributed by atoms with E-state index in [1.165, 1.54) is 5.56 Å². The van der Waals surface area contributed by atoms with Crippen molar-refractivity contribution in [3.05, 3.63) is 35.9 Å². The molecule has 1 aliphatic rings. The summed E-state index contributed by atoms with van der Waals surface area (Å²) in [5.41, 5.74) is 1.29. The SMILES string of the molecule is CCOC(=O)[C@@H]1C[C@H](c2ccccc2)CN1. The van der Waals surface area contributed by atoms with E-state index in [-0.39, 0.29) is 12.0 Å². The summed E-state index contributed by atoms with van der Waals surface area (Å²) in [7, 11) is 0. The first-order chi connectivity index (χ1) is 7.81. The van der Waals surface area contributed by atoms with Gasteiger partial charge in [0.2, 0.25) is 0 Å². The first kappa shape index (κ1) is 11.1. The lowest BCUT2D eigenvalue weighted by Gasteiger charge is -2.09. The minimum atomic E-state index is -0.134. The smallest absolute Gasteiger partial charge is 0.323 e.